The molecule has 0 N–H and O–H groups in total. The maximum Gasteiger partial charge on any atom is 0.287 e. The molecule has 0 spiro atoms. The average molecular weight is 291 g/mol. The lowest BCUT2D eigenvalue weighted by molar-refractivity contribution is -0.385. The maximum absolute atomic E-state index is 10.8. The highest BCUT2D eigenvalue weighted by Gasteiger charge is 2.24. The van der Waals surface area contributed by atoms with Crippen molar-refractivity contribution in [3.63, 3.8) is 0 Å². The smallest absolute Gasteiger partial charge is 0.287 e. The van der Waals surface area contributed by atoms with E-state index >= 15 is 0 Å². The fourth-order valence-corrected chi connectivity index (χ4v) is 3.35. The number of hydrogen-bond donors (Lipinski definition) is 0. The molecule has 1 aliphatic heterocycles. The lowest BCUT2D eigenvalue weighted by Gasteiger charge is -2.24. The van der Waals surface area contributed by atoms with Crippen molar-refractivity contribution in [2.24, 2.45) is 0 Å². The quantitative estimate of drug-likeness (QED) is 0.618. The molecular weight excluding hydrogens is 274 g/mol. The molecule has 0 aliphatic carbocycles. The normalized spacial score (nSPS) is 18.1. The number of nitro groups is 1. The van der Waals surface area contributed by atoms with Crippen molar-refractivity contribution in [2.75, 3.05) is 23.7 Å². The summed E-state index contributed by atoms with van der Waals surface area (Å²) in [4.78, 5) is 12.5. The van der Waals surface area contributed by atoms with Crippen molar-refractivity contribution in [1.82, 2.24) is 0 Å². The second-order valence-electron chi connectivity index (χ2n) is 5.42. The number of benzene rings is 1. The number of nitrogens with zero attached hydrogens (tertiary/aromatic N) is 3. The van der Waals surface area contributed by atoms with Crippen LogP contribution in [0.15, 0.2) is 18.2 Å². The first-order chi connectivity index (χ1) is 9.43. The molecule has 0 atom stereocenters. The van der Waals surface area contributed by atoms with Gasteiger partial charge >= 0.3 is 0 Å². The molecule has 1 aromatic carbocycles. The van der Waals surface area contributed by atoms with Crippen molar-refractivity contribution in [3.8, 4) is 6.07 Å². The molecule has 1 saturated heterocycles. The summed E-state index contributed by atoms with van der Waals surface area (Å²) in [6.45, 7) is 6.27. The van der Waals surface area contributed by atoms with Gasteiger partial charge in [-0.3, -0.25) is 10.1 Å². The molecule has 1 heterocycles. The van der Waals surface area contributed by atoms with Gasteiger partial charge in [-0.05, 0) is 18.6 Å². The molecule has 6 heteroatoms. The maximum atomic E-state index is 10.8. The average Bonchev–Trinajstić information content (AvgIpc) is 2.59. The van der Waals surface area contributed by atoms with Crippen LogP contribution in [0.2, 0.25) is 0 Å². The van der Waals surface area contributed by atoms with Gasteiger partial charge < -0.3 is 4.90 Å². The van der Waals surface area contributed by atoms with E-state index in [1.165, 1.54) is 6.07 Å². The number of hydrogen-bond acceptors (Lipinski definition) is 5. The summed E-state index contributed by atoms with van der Waals surface area (Å²) in [6.07, 6.45) is 1.05. The fourth-order valence-electron chi connectivity index (χ4n) is 2.25. The zero-order chi connectivity index (χ0) is 14.8. The van der Waals surface area contributed by atoms with Crippen molar-refractivity contribution in [2.45, 2.75) is 25.0 Å². The Kier molecular flexibility index (Phi) is 4.19. The van der Waals surface area contributed by atoms with E-state index in [2.05, 4.69) is 18.7 Å². The highest BCUT2D eigenvalue weighted by molar-refractivity contribution is 8.00. The summed E-state index contributed by atoms with van der Waals surface area (Å²) in [5.74, 6) is 1.02. The number of rotatable bonds is 2. The van der Waals surface area contributed by atoms with Crippen molar-refractivity contribution in [1.29, 1.82) is 5.26 Å². The van der Waals surface area contributed by atoms with Gasteiger partial charge in [-0.1, -0.05) is 13.8 Å². The highest BCUT2D eigenvalue weighted by atomic mass is 32.2. The van der Waals surface area contributed by atoms with Crippen LogP contribution < -0.4 is 4.90 Å². The van der Waals surface area contributed by atoms with E-state index < -0.39 is 4.92 Å². The second-order valence-corrected chi connectivity index (χ2v) is 7.22. The van der Waals surface area contributed by atoms with E-state index in [0.29, 0.717) is 0 Å². The number of thioether (sulfide) groups is 1. The van der Waals surface area contributed by atoms with Crippen LogP contribution in [0.5, 0.6) is 0 Å². The summed E-state index contributed by atoms with van der Waals surface area (Å²) in [5.41, 5.74) is 0.898. The van der Waals surface area contributed by atoms with E-state index in [4.69, 9.17) is 5.26 Å². The summed E-state index contributed by atoms with van der Waals surface area (Å²) in [7, 11) is 0. The molecule has 0 radical (unpaired) electrons. The third-order valence-corrected chi connectivity index (χ3v) is 4.87. The van der Waals surface area contributed by atoms with Crippen LogP contribution in [-0.4, -0.2) is 28.5 Å². The minimum absolute atomic E-state index is 0.124. The molecular formula is C14H17N3O2S. The van der Waals surface area contributed by atoms with Gasteiger partial charge in [-0.25, -0.2) is 0 Å². The molecule has 1 fully saturated rings. The summed E-state index contributed by atoms with van der Waals surface area (Å²) in [5, 5.41) is 19.9. The third kappa shape index (κ3) is 3.23. The van der Waals surface area contributed by atoms with Crippen LogP contribution in [0.25, 0.3) is 0 Å². The minimum atomic E-state index is -0.510. The van der Waals surface area contributed by atoms with Gasteiger partial charge in [0.1, 0.15) is 11.6 Å². The minimum Gasteiger partial charge on any atom is -0.371 e. The number of nitriles is 1. The van der Waals surface area contributed by atoms with Crippen LogP contribution in [0.3, 0.4) is 0 Å². The molecule has 106 valence electrons. The summed E-state index contributed by atoms with van der Waals surface area (Å²) < 4.78 is 0.258. The largest absolute Gasteiger partial charge is 0.371 e. The molecule has 0 amide bonds. The van der Waals surface area contributed by atoms with Crippen LogP contribution in [0.1, 0.15) is 25.8 Å². The van der Waals surface area contributed by atoms with Gasteiger partial charge in [0.15, 0.2) is 0 Å². The van der Waals surface area contributed by atoms with Crippen LogP contribution >= 0.6 is 11.8 Å². The molecule has 20 heavy (non-hydrogen) atoms. The van der Waals surface area contributed by atoms with Crippen molar-refractivity contribution >= 4 is 23.1 Å². The molecule has 1 aromatic rings. The zero-order valence-corrected chi connectivity index (χ0v) is 12.4. The molecule has 0 saturated carbocycles. The highest BCUT2D eigenvalue weighted by Crippen LogP contribution is 2.33. The van der Waals surface area contributed by atoms with E-state index in [-0.39, 0.29) is 16.0 Å². The van der Waals surface area contributed by atoms with E-state index in [0.717, 1.165) is 31.0 Å². The number of anilines is 1. The SMILES string of the molecule is CC1(C)CCN(c2ccc([N+](=O)[O-])c(C#N)c2)CCS1. The van der Waals surface area contributed by atoms with Gasteiger partial charge in [0.05, 0.1) is 4.92 Å². The van der Waals surface area contributed by atoms with E-state index in [9.17, 15) is 10.1 Å². The van der Waals surface area contributed by atoms with Crippen LogP contribution in [0.4, 0.5) is 11.4 Å². The Hall–Kier alpha value is -1.74. The fraction of sp³-hybridized carbons (Fsp3) is 0.500. The van der Waals surface area contributed by atoms with Crippen LogP contribution in [-0.2, 0) is 0 Å². The molecule has 0 unspecified atom stereocenters. The Balaban J connectivity index is 2.25. The molecule has 2 rings (SSSR count). The Morgan fingerprint density at radius 1 is 1.45 bits per heavy atom. The first-order valence-corrected chi connectivity index (χ1v) is 7.49. The first kappa shape index (κ1) is 14.7. The van der Waals surface area contributed by atoms with E-state index in [1.807, 2.05) is 17.8 Å². The summed E-state index contributed by atoms with van der Waals surface area (Å²) >= 11 is 1.94. The lowest BCUT2D eigenvalue weighted by atomic mass is 10.1. The predicted octanol–water partition coefficient (Wildman–Crippen LogP) is 3.19. The van der Waals surface area contributed by atoms with Crippen molar-refractivity contribution < 1.29 is 4.92 Å². The van der Waals surface area contributed by atoms with Gasteiger partial charge in [-0.2, -0.15) is 17.0 Å². The summed E-state index contributed by atoms with van der Waals surface area (Å²) in [6, 6.07) is 6.71. The number of nitro benzene ring substituents is 1. The van der Waals surface area contributed by atoms with Crippen molar-refractivity contribution in [3.05, 3.63) is 33.9 Å². The van der Waals surface area contributed by atoms with Gasteiger partial charge in [-0.15, -0.1) is 0 Å². The van der Waals surface area contributed by atoms with Gasteiger partial charge in [0.25, 0.3) is 5.69 Å². The molecule has 5 nitrogen and oxygen atoms in total. The third-order valence-electron chi connectivity index (χ3n) is 3.50. The van der Waals surface area contributed by atoms with Gasteiger partial charge in [0.2, 0.25) is 0 Å². The second kappa shape index (κ2) is 5.71. The first-order valence-electron chi connectivity index (χ1n) is 6.50. The zero-order valence-electron chi connectivity index (χ0n) is 11.6. The topological polar surface area (TPSA) is 70.2 Å². The standard InChI is InChI=1S/C14H17N3O2S/c1-14(2)5-6-16(7-8-20-14)12-3-4-13(17(18)19)11(9-12)10-15/h3-4,9H,5-8H2,1-2H3. The predicted molar refractivity (Wildman–Crippen MR) is 81.2 cm³/mol. The Morgan fingerprint density at radius 3 is 2.85 bits per heavy atom. The Morgan fingerprint density at radius 2 is 2.20 bits per heavy atom. The Labute approximate surface area is 122 Å². The van der Waals surface area contributed by atoms with Gasteiger partial charge in [0, 0.05) is 35.3 Å². The molecule has 0 bridgehead atoms. The monoisotopic (exact) mass is 291 g/mol. The van der Waals surface area contributed by atoms with E-state index in [1.54, 1.807) is 12.1 Å². The molecule has 1 aliphatic rings. The van der Waals surface area contributed by atoms with Crippen LogP contribution in [0, 0.1) is 21.4 Å². The Bertz CT molecular complexity index is 566. The lowest BCUT2D eigenvalue weighted by Crippen LogP contribution is -2.26. The molecule has 0 aromatic heterocycles.